The Bertz CT molecular complexity index is 974. The van der Waals surface area contributed by atoms with Gasteiger partial charge >= 0.3 is 0 Å². The first kappa shape index (κ1) is 18.4. The molecule has 0 atom stereocenters. The molecule has 1 heterocycles. The molecular formula is C21H21N3O3. The van der Waals surface area contributed by atoms with Crippen molar-refractivity contribution in [2.75, 3.05) is 0 Å². The van der Waals surface area contributed by atoms with Gasteiger partial charge in [0.2, 0.25) is 11.8 Å². The van der Waals surface area contributed by atoms with E-state index in [0.717, 1.165) is 22.0 Å². The van der Waals surface area contributed by atoms with Crippen LogP contribution in [-0.4, -0.2) is 22.6 Å². The van der Waals surface area contributed by atoms with E-state index in [2.05, 4.69) is 15.8 Å². The van der Waals surface area contributed by atoms with Gasteiger partial charge in [-0.2, -0.15) is 0 Å². The SMILES string of the molecule is Cc1ccc(C(=O)CCC(=O)NNC(=O)Cc2c[nH]c3ccccc23)cc1. The number of carbonyl (C=O) groups excluding carboxylic acids is 3. The predicted molar refractivity (Wildman–Crippen MR) is 103 cm³/mol. The molecule has 1 aromatic heterocycles. The number of carbonyl (C=O) groups is 3. The fraction of sp³-hybridized carbons (Fsp3) is 0.190. The van der Waals surface area contributed by atoms with E-state index < -0.39 is 5.91 Å². The van der Waals surface area contributed by atoms with Crippen LogP contribution >= 0.6 is 0 Å². The Balaban J connectivity index is 1.44. The number of Topliss-reactive ketones (excluding diaryl/α,β-unsaturated/α-hetero) is 1. The summed E-state index contributed by atoms with van der Waals surface area (Å²) in [6.45, 7) is 1.95. The van der Waals surface area contributed by atoms with Crippen LogP contribution in [0.3, 0.4) is 0 Å². The highest BCUT2D eigenvalue weighted by molar-refractivity contribution is 5.98. The number of hydrogen-bond acceptors (Lipinski definition) is 3. The number of H-pyrrole nitrogens is 1. The maximum Gasteiger partial charge on any atom is 0.242 e. The molecule has 0 aliphatic rings. The lowest BCUT2D eigenvalue weighted by molar-refractivity contribution is -0.128. The lowest BCUT2D eigenvalue weighted by Crippen LogP contribution is -2.42. The lowest BCUT2D eigenvalue weighted by Gasteiger charge is -2.07. The van der Waals surface area contributed by atoms with Gasteiger partial charge in [-0.1, -0.05) is 48.0 Å². The van der Waals surface area contributed by atoms with Crippen LogP contribution in [0.4, 0.5) is 0 Å². The van der Waals surface area contributed by atoms with E-state index in [9.17, 15) is 14.4 Å². The molecule has 0 aliphatic heterocycles. The Morgan fingerprint density at radius 3 is 2.37 bits per heavy atom. The molecule has 0 bridgehead atoms. The molecule has 6 nitrogen and oxygen atoms in total. The number of hydrogen-bond donors (Lipinski definition) is 3. The summed E-state index contributed by atoms with van der Waals surface area (Å²) in [7, 11) is 0. The lowest BCUT2D eigenvalue weighted by atomic mass is 10.1. The third-order valence-corrected chi connectivity index (χ3v) is 4.32. The topological polar surface area (TPSA) is 91.1 Å². The molecule has 0 fully saturated rings. The van der Waals surface area contributed by atoms with Gasteiger partial charge in [0.1, 0.15) is 0 Å². The summed E-state index contributed by atoms with van der Waals surface area (Å²) < 4.78 is 0. The number of aromatic nitrogens is 1. The minimum absolute atomic E-state index is 0.0140. The number of rotatable bonds is 6. The van der Waals surface area contributed by atoms with Crippen molar-refractivity contribution in [2.24, 2.45) is 0 Å². The van der Waals surface area contributed by atoms with Crippen LogP contribution in [0, 0.1) is 6.92 Å². The summed E-state index contributed by atoms with van der Waals surface area (Å²) in [5.74, 6) is -0.823. The van der Waals surface area contributed by atoms with Crippen LogP contribution in [-0.2, 0) is 16.0 Å². The normalized spacial score (nSPS) is 10.6. The van der Waals surface area contributed by atoms with Gasteiger partial charge in [-0.15, -0.1) is 0 Å². The smallest absolute Gasteiger partial charge is 0.242 e. The fourth-order valence-electron chi connectivity index (χ4n) is 2.81. The number of aryl methyl sites for hydroxylation is 1. The van der Waals surface area contributed by atoms with Gasteiger partial charge in [-0.25, -0.2) is 0 Å². The zero-order chi connectivity index (χ0) is 19.2. The van der Waals surface area contributed by atoms with Crippen LogP contribution in [0.2, 0.25) is 0 Å². The zero-order valence-electron chi connectivity index (χ0n) is 15.0. The first-order valence-corrected chi connectivity index (χ1v) is 8.75. The summed E-state index contributed by atoms with van der Waals surface area (Å²) in [5, 5.41) is 0.975. The number of ketones is 1. The minimum atomic E-state index is -0.400. The Labute approximate surface area is 156 Å². The van der Waals surface area contributed by atoms with Crippen LogP contribution in [0.1, 0.15) is 34.3 Å². The fourth-order valence-corrected chi connectivity index (χ4v) is 2.81. The zero-order valence-corrected chi connectivity index (χ0v) is 15.0. The molecule has 0 saturated heterocycles. The van der Waals surface area contributed by atoms with E-state index in [0.29, 0.717) is 5.56 Å². The summed E-state index contributed by atoms with van der Waals surface area (Å²) in [6.07, 6.45) is 2.03. The maximum atomic E-state index is 12.1. The highest BCUT2D eigenvalue weighted by atomic mass is 16.2. The summed E-state index contributed by atoms with van der Waals surface area (Å²) in [6, 6.07) is 14.9. The molecule has 0 saturated carbocycles. The Morgan fingerprint density at radius 1 is 0.889 bits per heavy atom. The van der Waals surface area contributed by atoms with Crippen molar-refractivity contribution >= 4 is 28.5 Å². The number of fused-ring (bicyclic) bond motifs is 1. The Morgan fingerprint density at radius 2 is 1.59 bits per heavy atom. The largest absolute Gasteiger partial charge is 0.361 e. The number of amides is 2. The molecule has 138 valence electrons. The molecule has 0 radical (unpaired) electrons. The first-order valence-electron chi connectivity index (χ1n) is 8.75. The number of para-hydroxylation sites is 1. The van der Waals surface area contributed by atoms with Crippen LogP contribution in [0.5, 0.6) is 0 Å². The second kappa shape index (κ2) is 8.31. The van der Waals surface area contributed by atoms with Gasteiger partial charge in [-0.3, -0.25) is 25.2 Å². The second-order valence-corrected chi connectivity index (χ2v) is 6.42. The third kappa shape index (κ3) is 4.82. The van der Waals surface area contributed by atoms with Crippen LogP contribution < -0.4 is 10.9 Å². The molecule has 2 amide bonds. The molecular weight excluding hydrogens is 342 g/mol. The van der Waals surface area contributed by atoms with Crippen molar-refractivity contribution in [3.05, 3.63) is 71.4 Å². The van der Waals surface area contributed by atoms with Crippen LogP contribution in [0.15, 0.2) is 54.7 Å². The van der Waals surface area contributed by atoms with Crippen molar-refractivity contribution in [1.82, 2.24) is 15.8 Å². The Kier molecular flexibility index (Phi) is 5.66. The quantitative estimate of drug-likeness (QED) is 0.465. The van der Waals surface area contributed by atoms with Gasteiger partial charge < -0.3 is 4.98 Å². The predicted octanol–water partition coefficient (Wildman–Crippen LogP) is 2.83. The van der Waals surface area contributed by atoms with Gasteiger partial charge in [0, 0.05) is 35.5 Å². The van der Waals surface area contributed by atoms with E-state index in [4.69, 9.17) is 0 Å². The molecule has 3 aromatic rings. The molecule has 3 N–H and O–H groups in total. The highest BCUT2D eigenvalue weighted by Crippen LogP contribution is 2.17. The van der Waals surface area contributed by atoms with E-state index in [-0.39, 0.29) is 31.0 Å². The van der Waals surface area contributed by atoms with E-state index in [1.165, 1.54) is 0 Å². The number of nitrogens with one attached hydrogen (secondary N) is 3. The van der Waals surface area contributed by atoms with Crippen molar-refractivity contribution in [3.8, 4) is 0 Å². The average molecular weight is 363 g/mol. The number of benzene rings is 2. The minimum Gasteiger partial charge on any atom is -0.361 e. The molecule has 0 unspecified atom stereocenters. The molecule has 27 heavy (non-hydrogen) atoms. The van der Waals surface area contributed by atoms with Crippen LogP contribution in [0.25, 0.3) is 10.9 Å². The van der Waals surface area contributed by atoms with Gasteiger partial charge in [-0.05, 0) is 18.6 Å². The first-order chi connectivity index (χ1) is 13.0. The molecule has 3 rings (SSSR count). The van der Waals surface area contributed by atoms with Crippen molar-refractivity contribution < 1.29 is 14.4 Å². The van der Waals surface area contributed by atoms with E-state index >= 15 is 0 Å². The molecule has 0 spiro atoms. The van der Waals surface area contributed by atoms with E-state index in [1.54, 1.807) is 18.3 Å². The van der Waals surface area contributed by atoms with Crippen molar-refractivity contribution in [2.45, 2.75) is 26.2 Å². The molecule has 0 aliphatic carbocycles. The second-order valence-electron chi connectivity index (χ2n) is 6.42. The Hall–Kier alpha value is -3.41. The third-order valence-electron chi connectivity index (χ3n) is 4.32. The molecule has 2 aromatic carbocycles. The average Bonchev–Trinajstić information content (AvgIpc) is 3.08. The highest BCUT2D eigenvalue weighted by Gasteiger charge is 2.12. The van der Waals surface area contributed by atoms with Gasteiger partial charge in [0.15, 0.2) is 5.78 Å². The number of aromatic amines is 1. The summed E-state index contributed by atoms with van der Waals surface area (Å²) >= 11 is 0. The van der Waals surface area contributed by atoms with Crippen molar-refractivity contribution in [1.29, 1.82) is 0 Å². The monoisotopic (exact) mass is 363 g/mol. The maximum absolute atomic E-state index is 12.1. The molecule has 6 heteroatoms. The number of hydrazine groups is 1. The summed E-state index contributed by atoms with van der Waals surface area (Å²) in [4.78, 5) is 39.1. The van der Waals surface area contributed by atoms with E-state index in [1.807, 2.05) is 43.3 Å². The van der Waals surface area contributed by atoms with Crippen molar-refractivity contribution in [3.63, 3.8) is 0 Å². The van der Waals surface area contributed by atoms with Gasteiger partial charge in [0.25, 0.3) is 0 Å². The summed E-state index contributed by atoms with van der Waals surface area (Å²) in [5.41, 5.74) is 8.21. The van der Waals surface area contributed by atoms with Gasteiger partial charge in [0.05, 0.1) is 6.42 Å². The standard InChI is InChI=1S/C21H21N3O3/c1-14-6-8-15(9-7-14)19(25)10-11-20(26)23-24-21(27)12-16-13-22-18-5-3-2-4-17(16)18/h2-9,13,22H,10-12H2,1H3,(H,23,26)(H,24,27).